The van der Waals surface area contributed by atoms with Gasteiger partial charge in [-0.1, -0.05) is 80.1 Å². The summed E-state index contributed by atoms with van der Waals surface area (Å²) in [7, 11) is 0. The van der Waals surface area contributed by atoms with Crippen LogP contribution < -0.4 is 0 Å². The highest BCUT2D eigenvalue weighted by atomic mass is 16.5. The van der Waals surface area contributed by atoms with E-state index in [4.69, 9.17) is 24.5 Å². The van der Waals surface area contributed by atoms with E-state index in [-0.39, 0.29) is 5.97 Å². The maximum Gasteiger partial charge on any atom is 0.414 e. The average Bonchev–Trinajstić information content (AvgIpc) is 2.81. The summed E-state index contributed by atoms with van der Waals surface area (Å²) in [5, 5.41) is 14.8. The number of piperidine rings is 1. The summed E-state index contributed by atoms with van der Waals surface area (Å²) in [4.78, 5) is 32.4. The Labute approximate surface area is 194 Å². The first-order valence-electron chi connectivity index (χ1n) is 10.9. The van der Waals surface area contributed by atoms with Crippen LogP contribution in [0.1, 0.15) is 37.8 Å². The highest BCUT2D eigenvalue weighted by molar-refractivity contribution is 6.27. The average molecular weight is 454 g/mol. The third-order valence-electron chi connectivity index (χ3n) is 5.05. The standard InChI is InChI=1S/C24H29NO2.C2H2O4/c1-19(2)18-27-23(26)17-25-15-13-22(14-16-25)24(20-9-5-3-6-10-20)21-11-7-4-8-12-21;3-1(4)2(5)6/h3-12,19H,13-18H2,1-2H3;(H,3,4)(H,5,6). The molecule has 1 fully saturated rings. The summed E-state index contributed by atoms with van der Waals surface area (Å²) >= 11 is 0. The van der Waals surface area contributed by atoms with Gasteiger partial charge in [-0.3, -0.25) is 9.69 Å². The van der Waals surface area contributed by atoms with Gasteiger partial charge >= 0.3 is 17.9 Å². The molecule has 2 aromatic rings. The molecule has 0 spiro atoms. The Morgan fingerprint density at radius 2 is 1.30 bits per heavy atom. The van der Waals surface area contributed by atoms with Gasteiger partial charge in [0.15, 0.2) is 0 Å². The number of hydrogen-bond donors (Lipinski definition) is 2. The Bertz CT molecular complexity index is 890. The number of aliphatic carboxylic acids is 2. The van der Waals surface area contributed by atoms with Crippen molar-refractivity contribution in [3.8, 4) is 0 Å². The summed E-state index contributed by atoms with van der Waals surface area (Å²) < 4.78 is 5.33. The van der Waals surface area contributed by atoms with E-state index in [0.29, 0.717) is 19.1 Å². The molecule has 7 nitrogen and oxygen atoms in total. The predicted molar refractivity (Wildman–Crippen MR) is 126 cm³/mol. The van der Waals surface area contributed by atoms with Crippen molar-refractivity contribution < 1.29 is 29.3 Å². The third-order valence-corrected chi connectivity index (χ3v) is 5.05. The van der Waals surface area contributed by atoms with Gasteiger partial charge in [0.05, 0.1) is 13.2 Å². The molecule has 0 bridgehead atoms. The fraction of sp³-hybridized carbons (Fsp3) is 0.346. The Morgan fingerprint density at radius 3 is 1.70 bits per heavy atom. The molecule has 0 saturated carbocycles. The fourth-order valence-electron chi connectivity index (χ4n) is 3.50. The predicted octanol–water partition coefficient (Wildman–Crippen LogP) is 3.94. The molecule has 176 valence electrons. The lowest BCUT2D eigenvalue weighted by Crippen LogP contribution is -2.36. The zero-order valence-electron chi connectivity index (χ0n) is 19.1. The molecular formula is C26H31NO6. The van der Waals surface area contributed by atoms with Gasteiger partial charge in [0.25, 0.3) is 0 Å². The van der Waals surface area contributed by atoms with E-state index in [1.54, 1.807) is 0 Å². The molecule has 1 heterocycles. The molecule has 2 aromatic carbocycles. The van der Waals surface area contributed by atoms with Crippen LogP contribution >= 0.6 is 0 Å². The summed E-state index contributed by atoms with van der Waals surface area (Å²) in [5.74, 6) is -3.38. The molecule has 1 aliphatic rings. The molecule has 0 unspecified atom stereocenters. The Balaban J connectivity index is 0.000000569. The zero-order valence-corrected chi connectivity index (χ0v) is 19.1. The summed E-state index contributed by atoms with van der Waals surface area (Å²) in [5.41, 5.74) is 5.35. The molecule has 33 heavy (non-hydrogen) atoms. The van der Waals surface area contributed by atoms with Crippen molar-refractivity contribution in [1.29, 1.82) is 0 Å². The van der Waals surface area contributed by atoms with Crippen LogP contribution in [-0.4, -0.2) is 59.3 Å². The first-order valence-corrected chi connectivity index (χ1v) is 10.9. The van der Waals surface area contributed by atoms with Crippen LogP contribution in [0.3, 0.4) is 0 Å². The van der Waals surface area contributed by atoms with E-state index in [9.17, 15) is 4.79 Å². The highest BCUT2D eigenvalue weighted by Gasteiger charge is 2.21. The number of carbonyl (C=O) groups excluding carboxylic acids is 1. The molecule has 1 aliphatic heterocycles. The van der Waals surface area contributed by atoms with Crippen LogP contribution in [-0.2, 0) is 19.1 Å². The number of carboxylic acids is 2. The molecule has 0 atom stereocenters. The summed E-state index contributed by atoms with van der Waals surface area (Å²) in [6, 6.07) is 21.2. The van der Waals surface area contributed by atoms with Crippen LogP contribution in [0.2, 0.25) is 0 Å². The molecule has 0 aliphatic carbocycles. The Kier molecular flexibility index (Phi) is 10.3. The lowest BCUT2D eigenvalue weighted by atomic mass is 9.88. The van der Waals surface area contributed by atoms with Crippen molar-refractivity contribution in [1.82, 2.24) is 4.90 Å². The number of carboxylic acid groups (broad SMARTS) is 2. The van der Waals surface area contributed by atoms with Crippen molar-refractivity contribution in [2.45, 2.75) is 26.7 Å². The van der Waals surface area contributed by atoms with Crippen molar-refractivity contribution in [3.63, 3.8) is 0 Å². The Hall–Kier alpha value is -3.45. The molecule has 0 radical (unpaired) electrons. The van der Waals surface area contributed by atoms with Gasteiger partial charge in [-0.25, -0.2) is 9.59 Å². The van der Waals surface area contributed by atoms with Crippen LogP contribution in [0.5, 0.6) is 0 Å². The van der Waals surface area contributed by atoms with Gasteiger partial charge in [-0.2, -0.15) is 0 Å². The SMILES string of the molecule is CC(C)COC(=O)CN1CCC(=C(c2ccccc2)c2ccccc2)CC1.O=C(O)C(=O)O. The molecule has 1 saturated heterocycles. The minimum absolute atomic E-state index is 0.109. The first-order chi connectivity index (χ1) is 15.8. The van der Waals surface area contributed by atoms with Gasteiger partial charge in [-0.05, 0) is 35.5 Å². The van der Waals surface area contributed by atoms with Gasteiger partial charge in [0, 0.05) is 13.1 Å². The maximum absolute atomic E-state index is 12.0. The maximum atomic E-state index is 12.0. The molecule has 0 amide bonds. The first kappa shape index (κ1) is 25.8. The quantitative estimate of drug-likeness (QED) is 0.504. The summed E-state index contributed by atoms with van der Waals surface area (Å²) in [6.45, 7) is 6.81. The normalized spacial score (nSPS) is 13.6. The number of carbonyl (C=O) groups is 3. The van der Waals surface area contributed by atoms with E-state index >= 15 is 0 Å². The molecular weight excluding hydrogens is 422 g/mol. The van der Waals surface area contributed by atoms with Gasteiger partial charge in [0.1, 0.15) is 0 Å². The fourth-order valence-corrected chi connectivity index (χ4v) is 3.50. The Morgan fingerprint density at radius 1 is 0.848 bits per heavy atom. The van der Waals surface area contributed by atoms with E-state index in [2.05, 4.69) is 79.4 Å². The number of hydrogen-bond acceptors (Lipinski definition) is 5. The van der Waals surface area contributed by atoms with Gasteiger partial charge in [-0.15, -0.1) is 0 Å². The van der Waals surface area contributed by atoms with Crippen LogP contribution in [0.25, 0.3) is 5.57 Å². The van der Waals surface area contributed by atoms with E-state index in [1.807, 2.05) is 0 Å². The number of likely N-dealkylation sites (tertiary alicyclic amines) is 1. The number of esters is 1. The van der Waals surface area contributed by atoms with Gasteiger partial charge < -0.3 is 14.9 Å². The number of benzene rings is 2. The van der Waals surface area contributed by atoms with Gasteiger partial charge in [0.2, 0.25) is 0 Å². The van der Waals surface area contributed by atoms with E-state index < -0.39 is 11.9 Å². The molecule has 7 heteroatoms. The second-order valence-corrected chi connectivity index (χ2v) is 8.17. The molecule has 2 N–H and O–H groups in total. The largest absolute Gasteiger partial charge is 0.473 e. The lowest BCUT2D eigenvalue weighted by Gasteiger charge is -2.29. The minimum Gasteiger partial charge on any atom is -0.473 e. The zero-order chi connectivity index (χ0) is 24.2. The second kappa shape index (κ2) is 13.2. The number of ether oxygens (including phenoxy) is 1. The minimum atomic E-state index is -1.82. The molecule has 0 aromatic heterocycles. The highest BCUT2D eigenvalue weighted by Crippen LogP contribution is 2.32. The van der Waals surface area contributed by atoms with Crippen LogP contribution in [0.4, 0.5) is 0 Å². The van der Waals surface area contributed by atoms with Crippen LogP contribution in [0.15, 0.2) is 66.2 Å². The number of nitrogens with zero attached hydrogens (tertiary/aromatic N) is 1. The number of rotatable bonds is 6. The smallest absolute Gasteiger partial charge is 0.414 e. The molecule has 3 rings (SSSR count). The third kappa shape index (κ3) is 8.90. The summed E-state index contributed by atoms with van der Waals surface area (Å²) in [6.07, 6.45) is 1.97. The van der Waals surface area contributed by atoms with Crippen molar-refractivity contribution in [2.75, 3.05) is 26.2 Å². The van der Waals surface area contributed by atoms with E-state index in [0.717, 1.165) is 25.9 Å². The lowest BCUT2D eigenvalue weighted by molar-refractivity contribution is -0.159. The topological polar surface area (TPSA) is 104 Å². The van der Waals surface area contributed by atoms with E-state index in [1.165, 1.54) is 22.3 Å². The second-order valence-electron chi connectivity index (χ2n) is 8.17. The van der Waals surface area contributed by atoms with Crippen molar-refractivity contribution in [2.24, 2.45) is 5.92 Å². The monoisotopic (exact) mass is 453 g/mol. The van der Waals surface area contributed by atoms with Crippen molar-refractivity contribution in [3.05, 3.63) is 77.4 Å². The van der Waals surface area contributed by atoms with Crippen LogP contribution in [0, 0.1) is 5.92 Å². The van der Waals surface area contributed by atoms with Crippen molar-refractivity contribution >= 4 is 23.5 Å².